The molecule has 62 valence electrons. The standard InChI is InChI=1S/C8H13NO2/c1-3-7-5-4-6-8(10)9(7)11-2/h3,7H,1,4-6H2,2H3. The van der Waals surface area contributed by atoms with E-state index >= 15 is 0 Å². The van der Waals surface area contributed by atoms with E-state index in [2.05, 4.69) is 6.58 Å². The number of amides is 1. The zero-order chi connectivity index (χ0) is 8.27. The van der Waals surface area contributed by atoms with Crippen LogP contribution in [-0.4, -0.2) is 24.1 Å². The number of rotatable bonds is 2. The summed E-state index contributed by atoms with van der Waals surface area (Å²) in [4.78, 5) is 16.1. The first-order chi connectivity index (χ1) is 5.29. The molecular formula is C8H13NO2. The lowest BCUT2D eigenvalue weighted by Gasteiger charge is -2.30. The van der Waals surface area contributed by atoms with Crippen LogP contribution >= 0.6 is 0 Å². The quantitative estimate of drug-likeness (QED) is 0.559. The van der Waals surface area contributed by atoms with Gasteiger partial charge in [0.2, 0.25) is 5.91 Å². The largest absolute Gasteiger partial charge is 0.274 e. The van der Waals surface area contributed by atoms with Crippen molar-refractivity contribution in [3.8, 4) is 0 Å². The van der Waals surface area contributed by atoms with E-state index in [1.165, 1.54) is 12.2 Å². The predicted octanol–water partition coefficient (Wildman–Crippen LogP) is 1.11. The fraction of sp³-hybridized carbons (Fsp3) is 0.625. The lowest BCUT2D eigenvalue weighted by atomic mass is 10.0. The minimum absolute atomic E-state index is 0.0589. The van der Waals surface area contributed by atoms with Crippen LogP contribution in [-0.2, 0) is 9.63 Å². The molecule has 0 aromatic carbocycles. The molecular weight excluding hydrogens is 142 g/mol. The second kappa shape index (κ2) is 3.53. The fourth-order valence-electron chi connectivity index (χ4n) is 1.33. The van der Waals surface area contributed by atoms with Crippen molar-refractivity contribution >= 4 is 5.91 Å². The van der Waals surface area contributed by atoms with Gasteiger partial charge < -0.3 is 0 Å². The normalized spacial score (nSPS) is 25.4. The van der Waals surface area contributed by atoms with Gasteiger partial charge in [0.1, 0.15) is 0 Å². The topological polar surface area (TPSA) is 29.5 Å². The number of carbonyl (C=O) groups is 1. The summed E-state index contributed by atoms with van der Waals surface area (Å²) in [6.45, 7) is 3.64. The van der Waals surface area contributed by atoms with Crippen molar-refractivity contribution in [1.82, 2.24) is 5.06 Å². The van der Waals surface area contributed by atoms with Crippen LogP contribution in [0.1, 0.15) is 19.3 Å². The van der Waals surface area contributed by atoms with Crippen molar-refractivity contribution in [3.05, 3.63) is 12.7 Å². The van der Waals surface area contributed by atoms with E-state index in [1.807, 2.05) is 0 Å². The molecule has 0 bridgehead atoms. The molecule has 1 fully saturated rings. The number of carbonyl (C=O) groups excluding carboxylic acids is 1. The average molecular weight is 155 g/mol. The van der Waals surface area contributed by atoms with Crippen LogP contribution in [0, 0.1) is 0 Å². The lowest BCUT2D eigenvalue weighted by molar-refractivity contribution is -0.189. The molecule has 1 aliphatic heterocycles. The van der Waals surface area contributed by atoms with Gasteiger partial charge in [0, 0.05) is 6.42 Å². The third-order valence-electron chi connectivity index (χ3n) is 1.91. The van der Waals surface area contributed by atoms with Gasteiger partial charge in [0.25, 0.3) is 0 Å². The summed E-state index contributed by atoms with van der Waals surface area (Å²) in [5.74, 6) is 0.0589. The van der Waals surface area contributed by atoms with Gasteiger partial charge in [-0.3, -0.25) is 9.63 Å². The molecule has 1 amide bonds. The van der Waals surface area contributed by atoms with Gasteiger partial charge in [-0.05, 0) is 12.8 Å². The molecule has 0 radical (unpaired) electrons. The Morgan fingerprint density at radius 2 is 2.55 bits per heavy atom. The van der Waals surface area contributed by atoms with Gasteiger partial charge in [0.05, 0.1) is 13.2 Å². The second-order valence-corrected chi connectivity index (χ2v) is 2.60. The molecule has 11 heavy (non-hydrogen) atoms. The summed E-state index contributed by atoms with van der Waals surface area (Å²) in [6.07, 6.45) is 4.25. The van der Waals surface area contributed by atoms with Crippen molar-refractivity contribution in [2.24, 2.45) is 0 Å². The molecule has 0 saturated carbocycles. The third-order valence-corrected chi connectivity index (χ3v) is 1.91. The maximum absolute atomic E-state index is 11.1. The summed E-state index contributed by atoms with van der Waals surface area (Å²) in [6, 6.07) is 0.0706. The third kappa shape index (κ3) is 1.60. The molecule has 1 saturated heterocycles. The SMILES string of the molecule is C=CC1CCCC(=O)N1OC. The summed E-state index contributed by atoms with van der Waals surface area (Å²) >= 11 is 0. The second-order valence-electron chi connectivity index (χ2n) is 2.60. The number of nitrogens with zero attached hydrogens (tertiary/aromatic N) is 1. The highest BCUT2D eigenvalue weighted by atomic mass is 16.7. The molecule has 0 aliphatic carbocycles. The van der Waals surface area contributed by atoms with Crippen LogP contribution in [0.2, 0.25) is 0 Å². The van der Waals surface area contributed by atoms with Crippen molar-refractivity contribution in [1.29, 1.82) is 0 Å². The minimum Gasteiger partial charge on any atom is -0.274 e. The zero-order valence-electron chi connectivity index (χ0n) is 6.75. The zero-order valence-corrected chi connectivity index (χ0v) is 6.75. The van der Waals surface area contributed by atoms with E-state index in [0.29, 0.717) is 6.42 Å². The van der Waals surface area contributed by atoms with E-state index in [0.717, 1.165) is 12.8 Å². The van der Waals surface area contributed by atoms with Crippen molar-refractivity contribution < 1.29 is 9.63 Å². The molecule has 0 aromatic heterocycles. The highest BCUT2D eigenvalue weighted by molar-refractivity contribution is 5.76. The van der Waals surface area contributed by atoms with Gasteiger partial charge in [0.15, 0.2) is 0 Å². The summed E-state index contributed by atoms with van der Waals surface area (Å²) in [5, 5.41) is 1.40. The molecule has 1 unspecified atom stereocenters. The highest BCUT2D eigenvalue weighted by Crippen LogP contribution is 2.18. The molecule has 3 heteroatoms. The Morgan fingerprint density at radius 3 is 3.00 bits per heavy atom. The van der Waals surface area contributed by atoms with Gasteiger partial charge in [-0.2, -0.15) is 0 Å². The number of hydroxylamine groups is 2. The van der Waals surface area contributed by atoms with Crippen LogP contribution in [0.4, 0.5) is 0 Å². The predicted molar refractivity (Wildman–Crippen MR) is 41.7 cm³/mol. The van der Waals surface area contributed by atoms with Gasteiger partial charge in [-0.25, -0.2) is 5.06 Å². The smallest absolute Gasteiger partial charge is 0.246 e. The molecule has 0 aromatic rings. The molecule has 3 nitrogen and oxygen atoms in total. The van der Waals surface area contributed by atoms with E-state index in [1.54, 1.807) is 6.08 Å². The summed E-state index contributed by atoms with van der Waals surface area (Å²) < 4.78 is 0. The molecule has 0 N–H and O–H groups in total. The van der Waals surface area contributed by atoms with E-state index in [-0.39, 0.29) is 11.9 Å². The van der Waals surface area contributed by atoms with Gasteiger partial charge in [-0.15, -0.1) is 6.58 Å². The number of piperidine rings is 1. The first-order valence-electron chi connectivity index (χ1n) is 3.78. The molecule has 1 rings (SSSR count). The molecule has 1 heterocycles. The van der Waals surface area contributed by atoms with E-state index in [4.69, 9.17) is 4.84 Å². The monoisotopic (exact) mass is 155 g/mol. The van der Waals surface area contributed by atoms with Gasteiger partial charge >= 0.3 is 0 Å². The van der Waals surface area contributed by atoms with E-state index in [9.17, 15) is 4.79 Å². The average Bonchev–Trinajstić information content (AvgIpc) is 2.04. The van der Waals surface area contributed by atoms with Crippen LogP contribution < -0.4 is 0 Å². The minimum atomic E-state index is 0.0589. The highest BCUT2D eigenvalue weighted by Gasteiger charge is 2.25. The maximum atomic E-state index is 11.1. The Balaban J connectivity index is 2.63. The Bertz CT molecular complexity index is 167. The molecule has 0 spiro atoms. The van der Waals surface area contributed by atoms with Crippen LogP contribution in [0.15, 0.2) is 12.7 Å². The Kier molecular flexibility index (Phi) is 2.65. The summed E-state index contributed by atoms with van der Waals surface area (Å²) in [7, 11) is 1.51. The number of hydrogen-bond donors (Lipinski definition) is 0. The van der Waals surface area contributed by atoms with Crippen LogP contribution in [0.3, 0.4) is 0 Å². The van der Waals surface area contributed by atoms with Crippen molar-refractivity contribution in [3.63, 3.8) is 0 Å². The Labute approximate surface area is 66.6 Å². The van der Waals surface area contributed by atoms with Crippen LogP contribution in [0.5, 0.6) is 0 Å². The first kappa shape index (κ1) is 8.27. The van der Waals surface area contributed by atoms with Gasteiger partial charge in [-0.1, -0.05) is 6.08 Å². The van der Waals surface area contributed by atoms with E-state index < -0.39 is 0 Å². The maximum Gasteiger partial charge on any atom is 0.246 e. The van der Waals surface area contributed by atoms with Crippen LogP contribution in [0.25, 0.3) is 0 Å². The molecule has 1 atom stereocenters. The Morgan fingerprint density at radius 1 is 1.82 bits per heavy atom. The first-order valence-corrected chi connectivity index (χ1v) is 3.78. The molecule has 1 aliphatic rings. The van der Waals surface area contributed by atoms with Crippen molar-refractivity contribution in [2.45, 2.75) is 25.3 Å². The lowest BCUT2D eigenvalue weighted by Crippen LogP contribution is -2.41. The number of hydrogen-bond acceptors (Lipinski definition) is 2. The van der Waals surface area contributed by atoms with Crippen molar-refractivity contribution in [2.75, 3.05) is 7.11 Å². The Hall–Kier alpha value is -0.830. The summed E-state index contributed by atoms with van der Waals surface area (Å²) in [5.41, 5.74) is 0. The fourth-order valence-corrected chi connectivity index (χ4v) is 1.33.